The van der Waals surface area contributed by atoms with Gasteiger partial charge >= 0.3 is 12.0 Å². The summed E-state index contributed by atoms with van der Waals surface area (Å²) < 4.78 is 16.9. The van der Waals surface area contributed by atoms with E-state index in [-0.39, 0.29) is 11.4 Å². The number of fused-ring (bicyclic) bond motifs is 1. The first-order valence-electron chi connectivity index (χ1n) is 16.1. The third-order valence-corrected chi connectivity index (χ3v) is 9.13. The molecule has 1 saturated heterocycles. The van der Waals surface area contributed by atoms with Crippen molar-refractivity contribution >= 4 is 11.7 Å². The van der Waals surface area contributed by atoms with E-state index in [0.717, 1.165) is 73.5 Å². The molecule has 10 nitrogen and oxygen atoms in total. The van der Waals surface area contributed by atoms with Crippen molar-refractivity contribution in [1.29, 1.82) is 0 Å². The monoisotopic (exact) mass is 631 g/mol. The molecule has 1 unspecified atom stereocenters. The van der Waals surface area contributed by atoms with Crippen LogP contribution in [0, 0.1) is 19.3 Å². The normalized spacial score (nSPS) is 17.4. The number of aryl methyl sites for hydroxylation is 2. The smallest absolute Gasteiger partial charge is 0.337 e. The zero-order chi connectivity index (χ0) is 33.4. The highest BCUT2D eigenvalue weighted by molar-refractivity contribution is 5.88. The van der Waals surface area contributed by atoms with Crippen molar-refractivity contribution in [1.82, 2.24) is 19.9 Å². The maximum atomic E-state index is 12.8. The number of methoxy groups -OCH3 is 2. The number of hydrogen-bond acceptors (Lipinski definition) is 9. The van der Waals surface area contributed by atoms with Crippen molar-refractivity contribution in [3.8, 4) is 23.0 Å². The Balaban J connectivity index is 1.54. The lowest BCUT2D eigenvalue weighted by atomic mass is 9.81. The number of aromatic nitrogens is 3. The second-order valence-corrected chi connectivity index (χ2v) is 14.4. The maximum Gasteiger partial charge on any atom is 0.337 e. The average Bonchev–Trinajstić information content (AvgIpc) is 2.99. The largest absolute Gasteiger partial charge is 0.481 e. The van der Waals surface area contributed by atoms with E-state index >= 15 is 0 Å². The van der Waals surface area contributed by atoms with Gasteiger partial charge in [0.15, 0.2) is 6.10 Å². The predicted molar refractivity (Wildman–Crippen MR) is 179 cm³/mol. The summed E-state index contributed by atoms with van der Waals surface area (Å²) in [6, 6.07) is 6.94. The standard InChI is InChI=1S/C36H49N5O5/c1-22-28(25-10-11-26-20-40(15-12-24(26)18-25)21-27-19-37-34(45-9)39-32(27)44-8)30(41-16-13-36(6,7)14-17-41)29(23(2)38-22)31(33(42)43)46-35(3,4)5/h10-11,18-19,31H,12-17,20-21H2,1-9H3,(H,42,43). The van der Waals surface area contributed by atoms with Gasteiger partial charge in [0.2, 0.25) is 5.88 Å². The first-order chi connectivity index (χ1) is 21.7. The number of hydrogen-bond donors (Lipinski definition) is 1. The summed E-state index contributed by atoms with van der Waals surface area (Å²) in [4.78, 5) is 31.2. The summed E-state index contributed by atoms with van der Waals surface area (Å²) in [5.74, 6) is -0.479. The first-order valence-corrected chi connectivity index (χ1v) is 16.1. The van der Waals surface area contributed by atoms with E-state index < -0.39 is 17.7 Å². The van der Waals surface area contributed by atoms with Gasteiger partial charge < -0.3 is 24.2 Å². The minimum Gasteiger partial charge on any atom is -0.481 e. The molecule has 1 N–H and O–H groups in total. The van der Waals surface area contributed by atoms with E-state index in [1.54, 1.807) is 20.4 Å². The molecular weight excluding hydrogens is 582 g/mol. The molecule has 1 aromatic carbocycles. The van der Waals surface area contributed by atoms with E-state index in [0.29, 0.717) is 23.7 Å². The highest BCUT2D eigenvalue weighted by Gasteiger charge is 2.36. The molecule has 4 heterocycles. The van der Waals surface area contributed by atoms with E-state index in [4.69, 9.17) is 19.2 Å². The lowest BCUT2D eigenvalue weighted by molar-refractivity contribution is -0.160. The van der Waals surface area contributed by atoms with E-state index in [9.17, 15) is 9.90 Å². The van der Waals surface area contributed by atoms with Crippen LogP contribution in [0.5, 0.6) is 11.9 Å². The van der Waals surface area contributed by atoms with Crippen molar-refractivity contribution in [2.75, 3.05) is 38.8 Å². The Morgan fingerprint density at radius 3 is 2.37 bits per heavy atom. The molecule has 2 aromatic heterocycles. The van der Waals surface area contributed by atoms with Crippen LogP contribution >= 0.6 is 0 Å². The van der Waals surface area contributed by atoms with Gasteiger partial charge in [0.1, 0.15) is 0 Å². The highest BCUT2D eigenvalue weighted by atomic mass is 16.5. The number of pyridine rings is 1. The molecule has 5 rings (SSSR count). The molecule has 0 aliphatic carbocycles. The van der Waals surface area contributed by atoms with Gasteiger partial charge in [-0.3, -0.25) is 9.88 Å². The molecule has 0 spiro atoms. The van der Waals surface area contributed by atoms with E-state index in [1.807, 2.05) is 34.6 Å². The Morgan fingerprint density at radius 1 is 1.02 bits per heavy atom. The number of rotatable bonds is 9. The second-order valence-electron chi connectivity index (χ2n) is 14.4. The van der Waals surface area contributed by atoms with Gasteiger partial charge in [-0.1, -0.05) is 32.0 Å². The fourth-order valence-corrected chi connectivity index (χ4v) is 6.66. The second kappa shape index (κ2) is 13.2. The molecule has 3 aromatic rings. The Morgan fingerprint density at radius 2 is 1.74 bits per heavy atom. The molecule has 248 valence electrons. The third-order valence-electron chi connectivity index (χ3n) is 9.13. The van der Waals surface area contributed by atoms with Crippen LogP contribution in [0.1, 0.15) is 87.2 Å². The molecular formula is C36H49N5O5. The number of nitrogens with zero attached hydrogens (tertiary/aromatic N) is 5. The Kier molecular flexibility index (Phi) is 9.61. The van der Waals surface area contributed by atoms with E-state index in [2.05, 4.69) is 51.8 Å². The van der Waals surface area contributed by atoms with Gasteiger partial charge in [0.05, 0.1) is 25.5 Å². The highest BCUT2D eigenvalue weighted by Crippen LogP contribution is 2.45. The maximum absolute atomic E-state index is 12.8. The zero-order valence-electron chi connectivity index (χ0n) is 28.9. The Hall–Kier alpha value is -3.76. The van der Waals surface area contributed by atoms with Crippen molar-refractivity contribution in [2.24, 2.45) is 5.41 Å². The topological polar surface area (TPSA) is 110 Å². The molecule has 2 aliphatic rings. The summed E-state index contributed by atoms with van der Waals surface area (Å²) >= 11 is 0. The lowest BCUT2D eigenvalue weighted by Crippen LogP contribution is -2.39. The summed E-state index contributed by atoms with van der Waals surface area (Å²) in [6.45, 7) is 18.3. The van der Waals surface area contributed by atoms with Gasteiger partial charge in [-0.25, -0.2) is 9.78 Å². The quantitative estimate of drug-likeness (QED) is 0.289. The minimum atomic E-state index is -1.14. The first kappa shape index (κ1) is 33.6. The van der Waals surface area contributed by atoms with Crippen LogP contribution < -0.4 is 14.4 Å². The summed E-state index contributed by atoms with van der Waals surface area (Å²) in [5.41, 5.74) is 8.30. The van der Waals surface area contributed by atoms with Crippen LogP contribution in [-0.4, -0.2) is 70.4 Å². The molecule has 0 bridgehead atoms. The number of benzene rings is 1. The number of ether oxygens (including phenoxy) is 3. The number of carbonyl (C=O) groups is 1. The Labute approximate surface area is 273 Å². The van der Waals surface area contributed by atoms with Gasteiger partial charge in [0.25, 0.3) is 0 Å². The van der Waals surface area contributed by atoms with Gasteiger partial charge in [-0.2, -0.15) is 4.98 Å². The number of aliphatic carboxylic acids is 1. The van der Waals surface area contributed by atoms with Gasteiger partial charge in [-0.05, 0) is 76.0 Å². The van der Waals surface area contributed by atoms with Crippen molar-refractivity contribution in [2.45, 2.75) is 92.5 Å². The third kappa shape index (κ3) is 7.28. The number of carboxylic acids is 1. The SMILES string of the molecule is COc1ncc(CN2CCc3cc(-c4c(C)nc(C)c(C(OC(C)(C)C)C(=O)O)c4N4CCC(C)(C)CC4)ccc3C2)c(OC)n1. The molecule has 0 amide bonds. The van der Waals surface area contributed by atoms with E-state index in [1.165, 1.54) is 11.1 Å². The Bertz CT molecular complexity index is 1590. The van der Waals surface area contributed by atoms with Crippen molar-refractivity contribution in [3.05, 3.63) is 58.0 Å². The number of anilines is 1. The fourth-order valence-electron chi connectivity index (χ4n) is 6.66. The van der Waals surface area contributed by atoms with Crippen LogP contribution in [0.25, 0.3) is 11.1 Å². The number of piperidine rings is 1. The molecule has 1 atom stereocenters. The van der Waals surface area contributed by atoms with Gasteiger partial charge in [-0.15, -0.1) is 0 Å². The predicted octanol–water partition coefficient (Wildman–Crippen LogP) is 6.30. The van der Waals surface area contributed by atoms with Gasteiger partial charge in [0, 0.05) is 67.0 Å². The molecule has 2 aliphatic heterocycles. The lowest BCUT2D eigenvalue weighted by Gasteiger charge is -2.41. The molecule has 1 fully saturated rings. The molecule has 10 heteroatoms. The summed E-state index contributed by atoms with van der Waals surface area (Å²) in [7, 11) is 3.15. The van der Waals surface area contributed by atoms with Crippen molar-refractivity contribution < 1.29 is 24.1 Å². The molecule has 0 saturated carbocycles. The van der Waals surface area contributed by atoms with Crippen molar-refractivity contribution in [3.63, 3.8) is 0 Å². The fraction of sp³-hybridized carbons (Fsp3) is 0.556. The molecule has 0 radical (unpaired) electrons. The average molecular weight is 632 g/mol. The molecule has 46 heavy (non-hydrogen) atoms. The number of carboxylic acid groups (broad SMARTS) is 1. The van der Waals surface area contributed by atoms with Crippen LogP contribution in [0.4, 0.5) is 5.69 Å². The van der Waals surface area contributed by atoms with Crippen LogP contribution in [0.3, 0.4) is 0 Å². The van der Waals surface area contributed by atoms with Crippen LogP contribution in [0.15, 0.2) is 24.4 Å². The van der Waals surface area contributed by atoms with Crippen LogP contribution in [-0.2, 0) is 29.0 Å². The minimum absolute atomic E-state index is 0.238. The van der Waals surface area contributed by atoms with Crippen LogP contribution in [0.2, 0.25) is 0 Å². The summed E-state index contributed by atoms with van der Waals surface area (Å²) in [5, 5.41) is 10.5. The zero-order valence-corrected chi connectivity index (χ0v) is 28.9. The summed E-state index contributed by atoms with van der Waals surface area (Å²) in [6.07, 6.45) is 3.56.